The van der Waals surface area contributed by atoms with Crippen LogP contribution in [0.5, 0.6) is 0 Å². The minimum atomic E-state index is -0.701. The van der Waals surface area contributed by atoms with Gasteiger partial charge in [0.25, 0.3) is 5.56 Å². The Kier molecular flexibility index (Phi) is 5.62. The summed E-state index contributed by atoms with van der Waals surface area (Å²) in [4.78, 5) is 46.7. The predicted octanol–water partition coefficient (Wildman–Crippen LogP) is 3.20. The summed E-state index contributed by atoms with van der Waals surface area (Å²) in [7, 11) is 0. The molecule has 1 aromatic carbocycles. The fraction of sp³-hybridized carbons (Fsp3) is 0.565. The summed E-state index contributed by atoms with van der Waals surface area (Å²) in [5.74, 6) is 0.472. The average Bonchev–Trinajstić information content (AvgIpc) is 3.11. The first-order valence-corrected chi connectivity index (χ1v) is 10.8. The largest absolute Gasteiger partial charge is 0.454 e. The van der Waals surface area contributed by atoms with Gasteiger partial charge in [-0.3, -0.25) is 14.4 Å². The Hall–Kier alpha value is -2.70. The molecule has 1 saturated carbocycles. The van der Waals surface area contributed by atoms with Crippen LogP contribution in [0.3, 0.4) is 0 Å². The molecule has 1 saturated heterocycles. The highest BCUT2D eigenvalue weighted by Crippen LogP contribution is 2.36. The maximum atomic E-state index is 12.8. The normalized spacial score (nSPS) is 28.0. The quantitative estimate of drug-likeness (QED) is 0.780. The molecule has 1 aliphatic heterocycles. The molecule has 0 bridgehead atoms. The third-order valence-corrected chi connectivity index (χ3v) is 6.87. The van der Waals surface area contributed by atoms with E-state index in [0.29, 0.717) is 35.1 Å². The molecule has 30 heavy (non-hydrogen) atoms. The number of nitrogens with one attached hydrogen (secondary N) is 1. The van der Waals surface area contributed by atoms with Gasteiger partial charge in [-0.1, -0.05) is 38.8 Å². The monoisotopic (exact) mass is 411 g/mol. The molecule has 4 rings (SSSR count). The van der Waals surface area contributed by atoms with Crippen molar-refractivity contribution in [1.29, 1.82) is 0 Å². The summed E-state index contributed by atoms with van der Waals surface area (Å²) in [5, 5.41) is 0.493. The van der Waals surface area contributed by atoms with E-state index in [2.05, 4.69) is 23.8 Å². The summed E-state index contributed by atoms with van der Waals surface area (Å²) in [5.41, 5.74) is 0.294. The predicted molar refractivity (Wildman–Crippen MR) is 113 cm³/mol. The maximum absolute atomic E-state index is 12.8. The Morgan fingerprint density at radius 3 is 2.80 bits per heavy atom. The number of benzene rings is 1. The van der Waals surface area contributed by atoms with E-state index in [9.17, 15) is 14.4 Å². The minimum Gasteiger partial charge on any atom is -0.454 e. The molecule has 2 aromatic rings. The Labute approximate surface area is 175 Å². The maximum Gasteiger partial charge on any atom is 0.311 e. The second kappa shape index (κ2) is 8.20. The minimum absolute atomic E-state index is 0.0350. The van der Waals surface area contributed by atoms with Gasteiger partial charge < -0.3 is 14.6 Å². The molecule has 0 spiro atoms. The Morgan fingerprint density at radius 2 is 2.00 bits per heavy atom. The van der Waals surface area contributed by atoms with Crippen molar-refractivity contribution < 1.29 is 14.3 Å². The molecular formula is C23H29N3O4. The van der Waals surface area contributed by atoms with Gasteiger partial charge in [-0.05, 0) is 37.3 Å². The number of rotatable bonds is 4. The lowest BCUT2D eigenvalue weighted by atomic mass is 9.77. The summed E-state index contributed by atoms with van der Waals surface area (Å²) in [6.45, 7) is 6.54. The smallest absolute Gasteiger partial charge is 0.311 e. The SMILES string of the molecule is C[C@@H]1[C@H](C)CCC[C@H]1N1C[C@H](C(=O)O[C@@H](C)c2nc3ccccc3c(=O)[nH]2)CC1=O. The van der Waals surface area contributed by atoms with Crippen LogP contribution in [-0.2, 0) is 14.3 Å². The highest BCUT2D eigenvalue weighted by molar-refractivity contribution is 5.87. The second-order valence-corrected chi connectivity index (χ2v) is 8.83. The van der Waals surface area contributed by atoms with Crippen LogP contribution in [-0.4, -0.2) is 39.3 Å². The molecule has 7 heteroatoms. The van der Waals surface area contributed by atoms with Crippen LogP contribution in [0.4, 0.5) is 0 Å². The molecule has 2 aliphatic rings. The van der Waals surface area contributed by atoms with Gasteiger partial charge in [0.2, 0.25) is 5.91 Å². The van der Waals surface area contributed by atoms with Gasteiger partial charge >= 0.3 is 5.97 Å². The van der Waals surface area contributed by atoms with Crippen molar-refractivity contribution in [3.8, 4) is 0 Å². The topological polar surface area (TPSA) is 92.4 Å². The van der Waals surface area contributed by atoms with Crippen LogP contribution in [0.1, 0.15) is 58.4 Å². The molecule has 1 aliphatic carbocycles. The van der Waals surface area contributed by atoms with Gasteiger partial charge in [-0.2, -0.15) is 0 Å². The number of aromatic nitrogens is 2. The number of nitrogens with zero attached hydrogens (tertiary/aromatic N) is 2. The van der Waals surface area contributed by atoms with Crippen molar-refractivity contribution in [2.24, 2.45) is 17.8 Å². The van der Waals surface area contributed by atoms with Crippen molar-refractivity contribution in [3.05, 3.63) is 40.4 Å². The van der Waals surface area contributed by atoms with Crippen LogP contribution >= 0.6 is 0 Å². The van der Waals surface area contributed by atoms with E-state index in [-0.39, 0.29) is 23.9 Å². The number of hydrogen-bond acceptors (Lipinski definition) is 5. The second-order valence-electron chi connectivity index (χ2n) is 8.83. The van der Waals surface area contributed by atoms with Crippen LogP contribution in [0.25, 0.3) is 10.9 Å². The molecule has 1 aromatic heterocycles. The first kappa shape index (κ1) is 20.6. The van der Waals surface area contributed by atoms with E-state index >= 15 is 0 Å². The van der Waals surface area contributed by atoms with E-state index in [1.165, 1.54) is 6.42 Å². The Balaban J connectivity index is 1.44. The molecule has 1 N–H and O–H groups in total. The third-order valence-electron chi connectivity index (χ3n) is 6.87. The highest BCUT2D eigenvalue weighted by atomic mass is 16.5. The number of ether oxygens (including phenoxy) is 1. The molecule has 0 radical (unpaired) electrons. The number of amides is 1. The van der Waals surface area contributed by atoms with Crippen LogP contribution in [0.2, 0.25) is 0 Å². The third kappa shape index (κ3) is 3.85. The summed E-state index contributed by atoms with van der Waals surface area (Å²) in [6.07, 6.45) is 2.79. The molecule has 5 atom stereocenters. The van der Waals surface area contributed by atoms with Gasteiger partial charge in [0.1, 0.15) is 0 Å². The van der Waals surface area contributed by atoms with E-state index in [4.69, 9.17) is 4.74 Å². The summed E-state index contributed by atoms with van der Waals surface area (Å²) < 4.78 is 5.61. The number of aromatic amines is 1. The standard InChI is InChI=1S/C23H29N3O4/c1-13-7-6-10-19(14(13)2)26-12-16(11-20(26)27)23(29)30-15(3)21-24-18-9-5-4-8-17(18)22(28)25-21/h4-5,8-9,13-16,19H,6-7,10-12H2,1-3H3,(H,24,25,28)/t13-,14-,15+,16-,19-/m1/s1. The number of likely N-dealkylation sites (tertiary alicyclic amines) is 1. The zero-order chi connectivity index (χ0) is 21.4. The number of esters is 1. The molecule has 7 nitrogen and oxygen atoms in total. The molecule has 0 unspecified atom stereocenters. The number of fused-ring (bicyclic) bond motifs is 1. The van der Waals surface area contributed by atoms with Crippen molar-refractivity contribution in [2.45, 2.75) is 58.6 Å². The lowest BCUT2D eigenvalue weighted by Crippen LogP contribution is -2.45. The molecule has 2 heterocycles. The zero-order valence-electron chi connectivity index (χ0n) is 17.8. The van der Waals surface area contributed by atoms with Gasteiger partial charge in [0.05, 0.1) is 16.8 Å². The van der Waals surface area contributed by atoms with Gasteiger partial charge in [0.15, 0.2) is 11.9 Å². The van der Waals surface area contributed by atoms with E-state index in [0.717, 1.165) is 12.8 Å². The van der Waals surface area contributed by atoms with Crippen LogP contribution in [0, 0.1) is 17.8 Å². The lowest BCUT2D eigenvalue weighted by molar-refractivity contribution is -0.153. The number of carbonyl (C=O) groups is 2. The van der Waals surface area contributed by atoms with Crippen molar-refractivity contribution in [1.82, 2.24) is 14.9 Å². The highest BCUT2D eigenvalue weighted by Gasteiger charge is 2.42. The van der Waals surface area contributed by atoms with Gasteiger partial charge in [-0.25, -0.2) is 4.98 Å². The van der Waals surface area contributed by atoms with Gasteiger partial charge in [0, 0.05) is 19.0 Å². The van der Waals surface area contributed by atoms with E-state index < -0.39 is 18.0 Å². The number of hydrogen-bond donors (Lipinski definition) is 1. The first-order chi connectivity index (χ1) is 14.3. The zero-order valence-corrected chi connectivity index (χ0v) is 17.8. The van der Waals surface area contributed by atoms with Crippen molar-refractivity contribution >= 4 is 22.8 Å². The molecular weight excluding hydrogens is 382 g/mol. The number of H-pyrrole nitrogens is 1. The Bertz CT molecular complexity index is 1020. The summed E-state index contributed by atoms with van der Waals surface area (Å²) >= 11 is 0. The molecule has 1 amide bonds. The van der Waals surface area contributed by atoms with Crippen molar-refractivity contribution in [3.63, 3.8) is 0 Å². The Morgan fingerprint density at radius 1 is 1.23 bits per heavy atom. The van der Waals surface area contributed by atoms with E-state index in [1.54, 1.807) is 31.2 Å². The fourth-order valence-corrected chi connectivity index (χ4v) is 4.83. The van der Waals surface area contributed by atoms with E-state index in [1.807, 2.05) is 4.90 Å². The fourth-order valence-electron chi connectivity index (χ4n) is 4.83. The molecule has 160 valence electrons. The summed E-state index contributed by atoms with van der Waals surface area (Å²) in [6, 6.07) is 7.24. The van der Waals surface area contributed by atoms with Crippen molar-refractivity contribution in [2.75, 3.05) is 6.54 Å². The molecule has 2 fully saturated rings. The number of carbonyl (C=O) groups excluding carboxylic acids is 2. The van der Waals surface area contributed by atoms with Crippen LogP contribution in [0.15, 0.2) is 29.1 Å². The lowest BCUT2D eigenvalue weighted by Gasteiger charge is -2.39. The van der Waals surface area contributed by atoms with Gasteiger partial charge in [-0.15, -0.1) is 0 Å². The number of para-hydroxylation sites is 1. The first-order valence-electron chi connectivity index (χ1n) is 10.8. The van der Waals surface area contributed by atoms with Crippen LogP contribution < -0.4 is 5.56 Å². The average molecular weight is 412 g/mol.